The van der Waals surface area contributed by atoms with Gasteiger partial charge in [0.15, 0.2) is 0 Å². The van der Waals surface area contributed by atoms with Gasteiger partial charge < -0.3 is 10.2 Å². The molecule has 132 valence electrons. The molecule has 0 saturated carbocycles. The van der Waals surface area contributed by atoms with Gasteiger partial charge in [0.2, 0.25) is 0 Å². The SMILES string of the molecule is O=C1Nc2ccccc2SC1=Cc1ccc(C(=O)N2CCCCC2)cc1. The number of amides is 2. The number of fused-ring (bicyclic) bond motifs is 1. The van der Waals surface area contributed by atoms with E-state index in [-0.39, 0.29) is 11.8 Å². The third-order valence-corrected chi connectivity index (χ3v) is 5.78. The number of hydrogen-bond acceptors (Lipinski definition) is 3. The number of piperidine rings is 1. The lowest BCUT2D eigenvalue weighted by Gasteiger charge is -2.26. The van der Waals surface area contributed by atoms with Gasteiger partial charge in [-0.3, -0.25) is 9.59 Å². The molecule has 2 aliphatic rings. The molecule has 1 N–H and O–H groups in total. The van der Waals surface area contributed by atoms with Crippen LogP contribution in [0.25, 0.3) is 6.08 Å². The number of hydrogen-bond donors (Lipinski definition) is 1. The minimum absolute atomic E-state index is 0.0952. The molecule has 1 fully saturated rings. The molecule has 26 heavy (non-hydrogen) atoms. The molecule has 2 aliphatic heterocycles. The van der Waals surface area contributed by atoms with Crippen molar-refractivity contribution in [3.05, 3.63) is 64.6 Å². The molecule has 0 bridgehead atoms. The number of nitrogens with one attached hydrogen (secondary N) is 1. The van der Waals surface area contributed by atoms with E-state index in [1.807, 2.05) is 59.5 Å². The van der Waals surface area contributed by atoms with E-state index in [2.05, 4.69) is 5.32 Å². The van der Waals surface area contributed by atoms with Crippen molar-refractivity contribution in [3.8, 4) is 0 Å². The maximum atomic E-state index is 12.5. The first-order valence-electron chi connectivity index (χ1n) is 8.90. The van der Waals surface area contributed by atoms with Gasteiger partial charge in [-0.05, 0) is 55.2 Å². The van der Waals surface area contributed by atoms with Gasteiger partial charge in [0.05, 0.1) is 10.6 Å². The molecule has 0 aliphatic carbocycles. The van der Waals surface area contributed by atoms with Crippen LogP contribution in [0.4, 0.5) is 5.69 Å². The first kappa shape index (κ1) is 16.9. The van der Waals surface area contributed by atoms with E-state index in [0.717, 1.165) is 42.1 Å². The Bertz CT molecular complexity index is 868. The monoisotopic (exact) mass is 364 g/mol. The van der Waals surface area contributed by atoms with Crippen molar-refractivity contribution in [2.24, 2.45) is 0 Å². The van der Waals surface area contributed by atoms with Crippen LogP contribution in [-0.2, 0) is 4.79 Å². The van der Waals surface area contributed by atoms with E-state index in [4.69, 9.17) is 0 Å². The van der Waals surface area contributed by atoms with E-state index < -0.39 is 0 Å². The Hall–Kier alpha value is -2.53. The largest absolute Gasteiger partial charge is 0.339 e. The van der Waals surface area contributed by atoms with Gasteiger partial charge in [-0.25, -0.2) is 0 Å². The summed E-state index contributed by atoms with van der Waals surface area (Å²) in [4.78, 5) is 28.4. The van der Waals surface area contributed by atoms with Crippen LogP contribution in [0.3, 0.4) is 0 Å². The highest BCUT2D eigenvalue weighted by molar-refractivity contribution is 8.04. The predicted octanol–water partition coefficient (Wildman–Crippen LogP) is 4.40. The van der Waals surface area contributed by atoms with Crippen LogP contribution in [0.5, 0.6) is 0 Å². The predicted molar refractivity (Wildman–Crippen MR) is 105 cm³/mol. The lowest BCUT2D eigenvalue weighted by atomic mass is 10.1. The molecular formula is C21H20N2O2S. The molecule has 0 atom stereocenters. The Kier molecular flexibility index (Phi) is 4.80. The number of likely N-dealkylation sites (tertiary alicyclic amines) is 1. The van der Waals surface area contributed by atoms with Gasteiger partial charge in [0.1, 0.15) is 0 Å². The van der Waals surface area contributed by atoms with Crippen LogP contribution >= 0.6 is 11.8 Å². The van der Waals surface area contributed by atoms with Gasteiger partial charge in [0, 0.05) is 23.5 Å². The minimum atomic E-state index is -0.0952. The molecule has 0 unspecified atom stereocenters. The van der Waals surface area contributed by atoms with E-state index in [9.17, 15) is 9.59 Å². The summed E-state index contributed by atoms with van der Waals surface area (Å²) in [5, 5.41) is 2.91. The second kappa shape index (κ2) is 7.38. The van der Waals surface area contributed by atoms with Crippen LogP contribution in [0.2, 0.25) is 0 Å². The van der Waals surface area contributed by atoms with Crippen molar-refractivity contribution < 1.29 is 9.59 Å². The summed E-state index contributed by atoms with van der Waals surface area (Å²) in [6.07, 6.45) is 5.25. The first-order valence-corrected chi connectivity index (χ1v) is 9.72. The van der Waals surface area contributed by atoms with Crippen molar-refractivity contribution in [2.45, 2.75) is 24.2 Å². The van der Waals surface area contributed by atoms with E-state index in [1.54, 1.807) is 0 Å². The Labute approximate surface area is 157 Å². The number of rotatable bonds is 2. The second-order valence-corrected chi connectivity index (χ2v) is 7.62. The number of benzene rings is 2. The van der Waals surface area contributed by atoms with Crippen molar-refractivity contribution in [1.29, 1.82) is 0 Å². The topological polar surface area (TPSA) is 49.4 Å². The van der Waals surface area contributed by atoms with Crippen LogP contribution in [0.15, 0.2) is 58.3 Å². The zero-order valence-corrected chi connectivity index (χ0v) is 15.2. The Morgan fingerprint density at radius 3 is 2.50 bits per heavy atom. The highest BCUT2D eigenvalue weighted by Crippen LogP contribution is 2.38. The molecule has 2 amide bonds. The highest BCUT2D eigenvalue weighted by Gasteiger charge is 2.21. The molecule has 4 nitrogen and oxygen atoms in total. The molecule has 5 heteroatoms. The second-order valence-electron chi connectivity index (χ2n) is 6.54. The fourth-order valence-corrected chi connectivity index (χ4v) is 4.21. The standard InChI is InChI=1S/C21H20N2O2S/c24-20-19(26-18-7-3-2-6-17(18)22-20)14-15-8-10-16(11-9-15)21(25)23-12-4-1-5-13-23/h2-3,6-11,14H,1,4-5,12-13H2,(H,22,24). The summed E-state index contributed by atoms with van der Waals surface area (Å²) in [5.41, 5.74) is 2.47. The average molecular weight is 364 g/mol. The molecule has 0 aromatic heterocycles. The smallest absolute Gasteiger partial charge is 0.262 e. The zero-order chi connectivity index (χ0) is 17.9. The Morgan fingerprint density at radius 2 is 1.73 bits per heavy atom. The molecular weight excluding hydrogens is 344 g/mol. The van der Waals surface area contributed by atoms with Crippen molar-refractivity contribution in [3.63, 3.8) is 0 Å². The number of para-hydroxylation sites is 1. The quantitative estimate of drug-likeness (QED) is 0.804. The number of nitrogens with zero attached hydrogens (tertiary/aromatic N) is 1. The van der Waals surface area contributed by atoms with Gasteiger partial charge in [-0.15, -0.1) is 0 Å². The molecule has 4 rings (SSSR count). The summed E-state index contributed by atoms with van der Waals surface area (Å²) in [5.74, 6) is 0.00443. The molecule has 2 aromatic rings. The number of thioether (sulfide) groups is 1. The van der Waals surface area contributed by atoms with Gasteiger partial charge in [-0.1, -0.05) is 36.0 Å². The van der Waals surface area contributed by atoms with E-state index in [1.165, 1.54) is 18.2 Å². The molecule has 2 aromatic carbocycles. The van der Waals surface area contributed by atoms with Crippen LogP contribution in [-0.4, -0.2) is 29.8 Å². The third-order valence-electron chi connectivity index (χ3n) is 4.68. The van der Waals surface area contributed by atoms with Crippen LogP contribution in [0.1, 0.15) is 35.2 Å². The Morgan fingerprint density at radius 1 is 1.00 bits per heavy atom. The van der Waals surface area contributed by atoms with Gasteiger partial charge in [0.25, 0.3) is 11.8 Å². The maximum absolute atomic E-state index is 12.5. The molecule has 0 spiro atoms. The Balaban J connectivity index is 1.51. The normalized spacial score (nSPS) is 18.4. The fourth-order valence-electron chi connectivity index (χ4n) is 3.26. The van der Waals surface area contributed by atoms with Crippen molar-refractivity contribution in [1.82, 2.24) is 4.90 Å². The highest BCUT2D eigenvalue weighted by atomic mass is 32.2. The van der Waals surface area contributed by atoms with Gasteiger partial charge in [-0.2, -0.15) is 0 Å². The first-order chi connectivity index (χ1) is 12.7. The van der Waals surface area contributed by atoms with Gasteiger partial charge >= 0.3 is 0 Å². The molecule has 2 heterocycles. The summed E-state index contributed by atoms with van der Waals surface area (Å²) >= 11 is 1.47. The lowest BCUT2D eigenvalue weighted by molar-refractivity contribution is -0.112. The number of carbonyl (C=O) groups is 2. The molecule has 0 radical (unpaired) electrons. The summed E-state index contributed by atoms with van der Waals surface area (Å²) in [7, 11) is 0. The third kappa shape index (κ3) is 3.53. The zero-order valence-electron chi connectivity index (χ0n) is 14.4. The van der Waals surface area contributed by atoms with Crippen molar-refractivity contribution in [2.75, 3.05) is 18.4 Å². The summed E-state index contributed by atoms with van der Waals surface area (Å²) in [6, 6.07) is 15.3. The van der Waals surface area contributed by atoms with E-state index >= 15 is 0 Å². The summed E-state index contributed by atoms with van der Waals surface area (Å²) in [6.45, 7) is 1.70. The minimum Gasteiger partial charge on any atom is -0.339 e. The average Bonchev–Trinajstić information content (AvgIpc) is 2.69. The van der Waals surface area contributed by atoms with Crippen LogP contribution < -0.4 is 5.32 Å². The fraction of sp³-hybridized carbons (Fsp3) is 0.238. The van der Waals surface area contributed by atoms with Crippen LogP contribution in [0, 0.1) is 0 Å². The number of anilines is 1. The van der Waals surface area contributed by atoms with Crippen molar-refractivity contribution >= 4 is 35.3 Å². The maximum Gasteiger partial charge on any atom is 0.262 e. The number of carbonyl (C=O) groups excluding carboxylic acids is 2. The summed E-state index contributed by atoms with van der Waals surface area (Å²) < 4.78 is 0. The lowest BCUT2D eigenvalue weighted by Crippen LogP contribution is -2.35. The van der Waals surface area contributed by atoms with E-state index in [0.29, 0.717) is 10.5 Å². The molecule has 1 saturated heterocycles.